The molecule has 1 atom stereocenters. The molecule has 1 heteroatoms. The van der Waals surface area contributed by atoms with Crippen LogP contribution in [0.15, 0.2) is 0 Å². The first kappa shape index (κ1) is 16.4. The van der Waals surface area contributed by atoms with Crippen LogP contribution in [0.2, 0.25) is 0 Å². The first-order valence-electron chi connectivity index (χ1n) is 6.54. The third kappa shape index (κ3) is 7.37. The summed E-state index contributed by atoms with van der Waals surface area (Å²) >= 11 is 0. The molecule has 0 aliphatic heterocycles. The molecule has 0 aliphatic rings. The van der Waals surface area contributed by atoms with E-state index in [1.54, 1.807) is 0 Å². The summed E-state index contributed by atoms with van der Waals surface area (Å²) in [6, 6.07) is 0.833. The molecule has 0 aliphatic carbocycles. The second-order valence-electron chi connectivity index (χ2n) is 3.48. The molecule has 0 unspecified atom stereocenters. The highest BCUT2D eigenvalue weighted by atomic mass is 15.1. The Morgan fingerprint density at radius 1 is 0.929 bits per heavy atom. The van der Waals surface area contributed by atoms with Crippen molar-refractivity contribution < 1.29 is 0 Å². The molecule has 14 heavy (non-hydrogen) atoms. The average molecular weight is 201 g/mol. The maximum atomic E-state index is 2.61. The van der Waals surface area contributed by atoms with Gasteiger partial charge in [0.25, 0.3) is 0 Å². The third-order valence-electron chi connectivity index (χ3n) is 2.53. The van der Waals surface area contributed by atoms with Gasteiger partial charge in [-0.05, 0) is 32.4 Å². The van der Waals surface area contributed by atoms with Crippen molar-refractivity contribution in [1.82, 2.24) is 4.90 Å². The van der Waals surface area contributed by atoms with Crippen LogP contribution in [-0.2, 0) is 0 Å². The second kappa shape index (κ2) is 13.0. The molecule has 0 radical (unpaired) electrons. The van der Waals surface area contributed by atoms with Gasteiger partial charge in [-0.25, -0.2) is 0 Å². The Bertz CT molecular complexity index is 79.2. The highest BCUT2D eigenvalue weighted by Crippen LogP contribution is 2.10. The van der Waals surface area contributed by atoms with Gasteiger partial charge in [0.2, 0.25) is 0 Å². The molecule has 0 aromatic rings. The average Bonchev–Trinajstić information content (AvgIpc) is 2.26. The van der Waals surface area contributed by atoms with E-state index >= 15 is 0 Å². The Labute approximate surface area is 91.9 Å². The zero-order valence-corrected chi connectivity index (χ0v) is 11.3. The van der Waals surface area contributed by atoms with Gasteiger partial charge < -0.3 is 4.90 Å². The van der Waals surface area contributed by atoms with Gasteiger partial charge in [0.05, 0.1) is 0 Å². The monoisotopic (exact) mass is 201 g/mol. The van der Waals surface area contributed by atoms with E-state index in [1.807, 2.05) is 13.8 Å². The van der Waals surface area contributed by atoms with Crippen molar-refractivity contribution in [1.29, 1.82) is 0 Å². The topological polar surface area (TPSA) is 3.24 Å². The summed E-state index contributed by atoms with van der Waals surface area (Å²) < 4.78 is 0. The van der Waals surface area contributed by atoms with Crippen molar-refractivity contribution in [2.45, 2.75) is 73.3 Å². The highest BCUT2D eigenvalue weighted by Gasteiger charge is 2.12. The summed E-state index contributed by atoms with van der Waals surface area (Å²) in [6.45, 7) is 15.6. The van der Waals surface area contributed by atoms with E-state index in [2.05, 4.69) is 32.6 Å². The zero-order chi connectivity index (χ0) is 11.4. The Morgan fingerprint density at radius 3 is 1.79 bits per heavy atom. The molecule has 0 N–H and O–H groups in total. The van der Waals surface area contributed by atoms with Crippen molar-refractivity contribution in [3.05, 3.63) is 0 Å². The fraction of sp³-hybridized carbons (Fsp3) is 1.00. The molecule has 0 amide bonds. The number of hydrogen-bond acceptors (Lipinski definition) is 1. The van der Waals surface area contributed by atoms with E-state index in [4.69, 9.17) is 0 Å². The van der Waals surface area contributed by atoms with E-state index in [1.165, 1.54) is 38.8 Å². The Morgan fingerprint density at radius 2 is 1.50 bits per heavy atom. The smallest absolute Gasteiger partial charge is 0.00924 e. The molecule has 0 spiro atoms. The summed E-state index contributed by atoms with van der Waals surface area (Å²) in [5, 5.41) is 0. The van der Waals surface area contributed by atoms with Crippen LogP contribution in [0.3, 0.4) is 0 Å². The molecule has 1 nitrogen and oxygen atoms in total. The van der Waals surface area contributed by atoms with Crippen molar-refractivity contribution in [2.24, 2.45) is 0 Å². The minimum absolute atomic E-state index is 0.833. The third-order valence-corrected chi connectivity index (χ3v) is 2.53. The van der Waals surface area contributed by atoms with E-state index in [-0.39, 0.29) is 0 Å². The fourth-order valence-electron chi connectivity index (χ4n) is 1.86. The molecular weight excluding hydrogens is 170 g/mol. The van der Waals surface area contributed by atoms with Crippen LogP contribution in [-0.4, -0.2) is 24.0 Å². The number of hydrogen-bond donors (Lipinski definition) is 0. The normalized spacial score (nSPS) is 12.2. The largest absolute Gasteiger partial charge is 0.301 e. The molecule has 0 heterocycles. The zero-order valence-electron chi connectivity index (χ0n) is 11.3. The molecule has 0 fully saturated rings. The quantitative estimate of drug-likeness (QED) is 0.593. The van der Waals surface area contributed by atoms with Crippen molar-refractivity contribution in [3.63, 3.8) is 0 Å². The van der Waals surface area contributed by atoms with E-state index in [9.17, 15) is 0 Å². The highest BCUT2D eigenvalue weighted by molar-refractivity contribution is 4.68. The molecular formula is C13H31N. The van der Waals surface area contributed by atoms with Crippen LogP contribution in [0.1, 0.15) is 67.2 Å². The van der Waals surface area contributed by atoms with Gasteiger partial charge in [-0.15, -0.1) is 0 Å². The van der Waals surface area contributed by atoms with Gasteiger partial charge in [-0.2, -0.15) is 0 Å². The van der Waals surface area contributed by atoms with Gasteiger partial charge in [0, 0.05) is 6.04 Å². The summed E-state index contributed by atoms with van der Waals surface area (Å²) in [7, 11) is 0. The molecule has 88 valence electrons. The molecule has 0 aromatic carbocycles. The predicted octanol–water partition coefficient (Wildman–Crippen LogP) is 4.32. The van der Waals surface area contributed by atoms with Crippen molar-refractivity contribution in [3.8, 4) is 0 Å². The second-order valence-corrected chi connectivity index (χ2v) is 3.48. The van der Waals surface area contributed by atoms with Crippen LogP contribution < -0.4 is 0 Å². The summed E-state index contributed by atoms with van der Waals surface area (Å²) in [4.78, 5) is 2.61. The molecule has 0 bridgehead atoms. The van der Waals surface area contributed by atoms with Crippen LogP contribution in [0.5, 0.6) is 0 Å². The SMILES string of the molecule is CC.CCC[C@H](CC)N(CC)CCC. The van der Waals surface area contributed by atoms with Gasteiger partial charge in [-0.3, -0.25) is 0 Å². The van der Waals surface area contributed by atoms with Gasteiger partial charge in [0.1, 0.15) is 0 Å². The Balaban J connectivity index is 0. The van der Waals surface area contributed by atoms with E-state index in [0.717, 1.165) is 6.04 Å². The Kier molecular flexibility index (Phi) is 15.2. The molecule has 0 saturated carbocycles. The van der Waals surface area contributed by atoms with Crippen LogP contribution in [0.4, 0.5) is 0 Å². The lowest BCUT2D eigenvalue weighted by Crippen LogP contribution is -2.35. The lowest BCUT2D eigenvalue weighted by Gasteiger charge is -2.29. The number of nitrogens with zero attached hydrogens (tertiary/aromatic N) is 1. The number of rotatable bonds is 7. The van der Waals surface area contributed by atoms with Gasteiger partial charge in [0.15, 0.2) is 0 Å². The molecule has 0 saturated heterocycles. The van der Waals surface area contributed by atoms with E-state index in [0.29, 0.717) is 0 Å². The molecule has 0 aromatic heterocycles. The summed E-state index contributed by atoms with van der Waals surface area (Å²) in [6.07, 6.45) is 5.28. The van der Waals surface area contributed by atoms with E-state index < -0.39 is 0 Å². The van der Waals surface area contributed by atoms with Gasteiger partial charge >= 0.3 is 0 Å². The van der Waals surface area contributed by atoms with Gasteiger partial charge in [-0.1, -0.05) is 48.0 Å². The maximum absolute atomic E-state index is 2.61. The fourth-order valence-corrected chi connectivity index (χ4v) is 1.86. The van der Waals surface area contributed by atoms with Crippen molar-refractivity contribution >= 4 is 0 Å². The molecule has 0 rings (SSSR count). The van der Waals surface area contributed by atoms with Crippen LogP contribution >= 0.6 is 0 Å². The predicted molar refractivity (Wildman–Crippen MR) is 67.9 cm³/mol. The summed E-state index contributed by atoms with van der Waals surface area (Å²) in [5.74, 6) is 0. The standard InChI is InChI=1S/C11H25N.C2H6/c1-5-9-11(7-3)12(8-4)10-6-2;1-2/h11H,5-10H2,1-4H3;1-2H3/t11-;/m0./s1. The van der Waals surface area contributed by atoms with Crippen LogP contribution in [0, 0.1) is 0 Å². The first-order valence-corrected chi connectivity index (χ1v) is 6.54. The summed E-state index contributed by atoms with van der Waals surface area (Å²) in [5.41, 5.74) is 0. The van der Waals surface area contributed by atoms with Crippen LogP contribution in [0.25, 0.3) is 0 Å². The minimum atomic E-state index is 0.833. The lowest BCUT2D eigenvalue weighted by molar-refractivity contribution is 0.190. The van der Waals surface area contributed by atoms with Crippen molar-refractivity contribution in [2.75, 3.05) is 13.1 Å². The minimum Gasteiger partial charge on any atom is -0.301 e. The maximum Gasteiger partial charge on any atom is 0.00924 e. The Hall–Kier alpha value is -0.0400. The lowest BCUT2D eigenvalue weighted by atomic mass is 10.1. The first-order chi connectivity index (χ1) is 6.79.